The third kappa shape index (κ3) is 4.97. The van der Waals surface area contributed by atoms with Gasteiger partial charge >= 0.3 is 6.18 Å². The largest absolute Gasteiger partial charge is 0.416 e. The topological polar surface area (TPSA) is 130 Å². The quantitative estimate of drug-likeness (QED) is 0.453. The van der Waals surface area contributed by atoms with Crippen LogP contribution in [-0.4, -0.2) is 57.7 Å². The first-order valence-corrected chi connectivity index (χ1v) is 13.4. The molecule has 2 unspecified atom stereocenters. The van der Waals surface area contributed by atoms with Gasteiger partial charge in [-0.05, 0) is 30.7 Å². The number of hydrogen-bond donors (Lipinski definition) is 3. The fraction of sp³-hybridized carbons (Fsp3) is 0.333. The molecule has 1 aromatic carbocycles. The lowest BCUT2D eigenvalue weighted by atomic mass is 9.77. The standard InChI is InChI=1S/C24H20F5N7O3S/c1-40(39)9-18(37)32-21-19-16(34-36(21)17-3-2-12(7-30)8-31-17)6-23(33-22(19)38)10-35(11-23)20-14(25)4-13(5-15(20)26)24(27,28)29/h2-5,8,16,34H,6,9-11H2,1H3,(H,32,37)(H,33,38). The van der Waals surface area contributed by atoms with Crippen LogP contribution in [0.25, 0.3) is 0 Å². The van der Waals surface area contributed by atoms with Crippen molar-refractivity contribution in [2.75, 3.05) is 35.0 Å². The number of hydrazine groups is 1. The zero-order chi connectivity index (χ0) is 29.0. The van der Waals surface area contributed by atoms with Crippen LogP contribution in [0.5, 0.6) is 0 Å². The van der Waals surface area contributed by atoms with E-state index in [0.29, 0.717) is 0 Å². The summed E-state index contributed by atoms with van der Waals surface area (Å²) in [5.41, 5.74) is 0.436. The van der Waals surface area contributed by atoms with Gasteiger partial charge in [0.05, 0.1) is 28.3 Å². The summed E-state index contributed by atoms with van der Waals surface area (Å²) in [6, 6.07) is 4.66. The number of halogens is 5. The van der Waals surface area contributed by atoms with E-state index in [1.54, 1.807) is 0 Å². The Balaban J connectivity index is 1.40. The zero-order valence-electron chi connectivity index (χ0n) is 20.6. The highest BCUT2D eigenvalue weighted by Crippen LogP contribution is 2.41. The number of nitrogens with one attached hydrogen (secondary N) is 3. The highest BCUT2D eigenvalue weighted by molar-refractivity contribution is 7.85. The summed E-state index contributed by atoms with van der Waals surface area (Å²) in [4.78, 5) is 31.2. The van der Waals surface area contributed by atoms with Crippen LogP contribution in [0.2, 0.25) is 0 Å². The molecule has 5 rings (SSSR count). The SMILES string of the molecule is CS(=O)CC(=O)NC1=C2C(=O)NC3(CC2NN1c1ccc(C#N)cn1)CN(c1c(F)cc(C(F)(F)F)cc1F)C3. The van der Waals surface area contributed by atoms with E-state index < -0.39 is 63.3 Å². The number of rotatable bonds is 5. The highest BCUT2D eigenvalue weighted by Gasteiger charge is 2.54. The van der Waals surface area contributed by atoms with Crippen LogP contribution in [0.1, 0.15) is 17.5 Å². The van der Waals surface area contributed by atoms with Crippen LogP contribution in [-0.2, 0) is 26.6 Å². The Labute approximate surface area is 226 Å². The van der Waals surface area contributed by atoms with E-state index in [0.717, 1.165) is 0 Å². The van der Waals surface area contributed by atoms with Gasteiger partial charge in [0.2, 0.25) is 5.91 Å². The molecule has 16 heteroatoms. The summed E-state index contributed by atoms with van der Waals surface area (Å²) >= 11 is 0. The number of carbonyl (C=O) groups is 2. The van der Waals surface area contributed by atoms with Gasteiger partial charge in [-0.3, -0.25) is 13.8 Å². The number of nitriles is 1. The number of hydrogen-bond acceptors (Lipinski definition) is 8. The number of anilines is 2. The van der Waals surface area contributed by atoms with Crippen molar-refractivity contribution < 1.29 is 35.8 Å². The lowest BCUT2D eigenvalue weighted by Crippen LogP contribution is -2.74. The van der Waals surface area contributed by atoms with E-state index in [2.05, 4.69) is 21.0 Å². The van der Waals surface area contributed by atoms with Gasteiger partial charge in [-0.2, -0.15) is 18.4 Å². The Hall–Kier alpha value is -4.10. The highest BCUT2D eigenvalue weighted by atomic mass is 32.2. The third-order valence-electron chi connectivity index (χ3n) is 6.68. The summed E-state index contributed by atoms with van der Waals surface area (Å²) in [6.07, 6.45) is -2.09. The molecule has 10 nitrogen and oxygen atoms in total. The summed E-state index contributed by atoms with van der Waals surface area (Å²) in [6.45, 7) is -0.177. The Bertz CT molecular complexity index is 1480. The molecular formula is C24H20F5N7O3S. The van der Waals surface area contributed by atoms with E-state index in [1.165, 1.54) is 34.5 Å². The molecule has 2 amide bonds. The van der Waals surface area contributed by atoms with Crippen molar-refractivity contribution in [3.8, 4) is 6.07 Å². The van der Waals surface area contributed by atoms with E-state index in [-0.39, 0.29) is 60.2 Å². The number of alkyl halides is 3. The minimum Gasteiger partial charge on any atom is -0.362 e. The van der Waals surface area contributed by atoms with E-state index in [4.69, 9.17) is 5.26 Å². The molecule has 2 fully saturated rings. The molecule has 1 aromatic heterocycles. The molecule has 1 spiro atoms. The molecule has 2 atom stereocenters. The van der Waals surface area contributed by atoms with Crippen molar-refractivity contribution in [1.82, 2.24) is 21.0 Å². The molecule has 4 heterocycles. The van der Waals surface area contributed by atoms with Crippen molar-refractivity contribution in [2.45, 2.75) is 24.2 Å². The predicted molar refractivity (Wildman–Crippen MR) is 132 cm³/mol. The maximum atomic E-state index is 14.5. The monoisotopic (exact) mass is 581 g/mol. The van der Waals surface area contributed by atoms with Gasteiger partial charge in [0, 0.05) is 36.3 Å². The van der Waals surface area contributed by atoms with Gasteiger partial charge in [-0.15, -0.1) is 0 Å². The molecular weight excluding hydrogens is 561 g/mol. The normalized spacial score (nSPS) is 20.5. The number of amides is 2. The molecule has 0 aliphatic carbocycles. The minimum atomic E-state index is -4.92. The van der Waals surface area contributed by atoms with Crippen LogP contribution in [0.15, 0.2) is 41.9 Å². The first-order valence-electron chi connectivity index (χ1n) is 11.7. The summed E-state index contributed by atoms with van der Waals surface area (Å²) in [5.74, 6) is -4.02. The van der Waals surface area contributed by atoms with Crippen molar-refractivity contribution in [2.24, 2.45) is 0 Å². The Kier molecular flexibility index (Phi) is 6.74. The number of piperidine rings is 1. The maximum Gasteiger partial charge on any atom is 0.416 e. The number of nitrogens with zero attached hydrogens (tertiary/aromatic N) is 4. The minimum absolute atomic E-state index is 0.0426. The van der Waals surface area contributed by atoms with E-state index >= 15 is 0 Å². The van der Waals surface area contributed by atoms with Crippen LogP contribution in [0, 0.1) is 23.0 Å². The van der Waals surface area contributed by atoms with Crippen molar-refractivity contribution in [3.63, 3.8) is 0 Å². The van der Waals surface area contributed by atoms with Crippen molar-refractivity contribution in [3.05, 3.63) is 64.6 Å². The van der Waals surface area contributed by atoms with E-state index in [9.17, 15) is 35.8 Å². The summed E-state index contributed by atoms with van der Waals surface area (Å²) in [5, 5.41) is 15.8. The molecule has 0 bridgehead atoms. The average molecular weight is 582 g/mol. The molecule has 40 heavy (non-hydrogen) atoms. The molecule has 3 N–H and O–H groups in total. The van der Waals surface area contributed by atoms with Gasteiger partial charge in [0.25, 0.3) is 5.91 Å². The fourth-order valence-corrected chi connectivity index (χ4v) is 5.50. The Morgan fingerprint density at radius 3 is 2.50 bits per heavy atom. The second kappa shape index (κ2) is 9.82. The molecule has 2 saturated heterocycles. The van der Waals surface area contributed by atoms with Gasteiger partial charge in [0.1, 0.15) is 40.8 Å². The molecule has 0 radical (unpaired) electrons. The molecule has 3 aliphatic heterocycles. The number of pyridine rings is 1. The Morgan fingerprint density at radius 2 is 1.95 bits per heavy atom. The Morgan fingerprint density at radius 1 is 1.27 bits per heavy atom. The van der Waals surface area contributed by atoms with Crippen molar-refractivity contribution >= 4 is 34.1 Å². The maximum absolute atomic E-state index is 14.5. The first kappa shape index (κ1) is 27.5. The zero-order valence-corrected chi connectivity index (χ0v) is 21.4. The van der Waals surface area contributed by atoms with Gasteiger partial charge in [-0.25, -0.2) is 24.2 Å². The molecule has 2 aromatic rings. The van der Waals surface area contributed by atoms with Crippen LogP contribution < -0.4 is 26.0 Å². The lowest BCUT2D eigenvalue weighted by Gasteiger charge is -2.54. The van der Waals surface area contributed by atoms with Gasteiger partial charge < -0.3 is 15.5 Å². The number of benzene rings is 1. The first-order chi connectivity index (χ1) is 18.8. The van der Waals surface area contributed by atoms with Crippen LogP contribution in [0.4, 0.5) is 33.5 Å². The van der Waals surface area contributed by atoms with Gasteiger partial charge in [0.15, 0.2) is 0 Å². The second-order valence-electron chi connectivity index (χ2n) is 9.64. The number of fused-ring (bicyclic) bond motifs is 1. The number of carbonyl (C=O) groups excluding carboxylic acids is 2. The molecule has 3 aliphatic rings. The summed E-state index contributed by atoms with van der Waals surface area (Å²) in [7, 11) is -1.47. The van der Waals surface area contributed by atoms with Crippen LogP contribution >= 0.6 is 0 Å². The van der Waals surface area contributed by atoms with Crippen LogP contribution in [0.3, 0.4) is 0 Å². The average Bonchev–Trinajstić information content (AvgIpc) is 3.19. The molecule has 0 saturated carbocycles. The molecule has 210 valence electrons. The fourth-order valence-electron chi connectivity index (χ4n) is 5.06. The predicted octanol–water partition coefficient (Wildman–Crippen LogP) is 1.43. The van der Waals surface area contributed by atoms with Crippen molar-refractivity contribution in [1.29, 1.82) is 5.26 Å². The van der Waals surface area contributed by atoms with E-state index in [1.807, 2.05) is 6.07 Å². The second-order valence-corrected chi connectivity index (χ2v) is 11.1. The summed E-state index contributed by atoms with van der Waals surface area (Å²) < 4.78 is 79.4. The number of aromatic nitrogens is 1. The van der Waals surface area contributed by atoms with Gasteiger partial charge in [-0.1, -0.05) is 0 Å². The smallest absolute Gasteiger partial charge is 0.362 e. The lowest BCUT2D eigenvalue weighted by molar-refractivity contribution is -0.138. The third-order valence-corrected chi connectivity index (χ3v) is 7.34.